The minimum Gasteiger partial charge on any atom is -0.444 e. The molecule has 22 heavy (non-hydrogen) atoms. The van der Waals surface area contributed by atoms with Crippen LogP contribution >= 0.6 is 11.6 Å². The fourth-order valence-electron chi connectivity index (χ4n) is 2.41. The fourth-order valence-corrected chi connectivity index (χ4v) is 2.51. The van der Waals surface area contributed by atoms with Crippen LogP contribution in [0.15, 0.2) is 12.1 Å². The summed E-state index contributed by atoms with van der Waals surface area (Å²) in [7, 11) is 2.03. The van der Waals surface area contributed by atoms with Gasteiger partial charge in [0.05, 0.1) is 5.69 Å². The maximum Gasteiger partial charge on any atom is 0.410 e. The number of likely N-dealkylation sites (tertiary alicyclic amines) is 1. The molecular weight excluding hydrogens is 304 g/mol. The van der Waals surface area contributed by atoms with Crippen LogP contribution in [0.4, 0.5) is 4.79 Å². The number of hydrogen-bond acceptors (Lipinski definition) is 5. The summed E-state index contributed by atoms with van der Waals surface area (Å²) in [4.78, 5) is 16.0. The Hall–Kier alpha value is -1.40. The van der Waals surface area contributed by atoms with E-state index in [1.807, 2.05) is 33.9 Å². The quantitative estimate of drug-likeness (QED) is 0.854. The van der Waals surface area contributed by atoms with Crippen molar-refractivity contribution in [3.8, 4) is 0 Å². The summed E-state index contributed by atoms with van der Waals surface area (Å²) in [5, 5.41) is 8.30. The Morgan fingerprint density at radius 3 is 2.77 bits per heavy atom. The average molecular weight is 327 g/mol. The van der Waals surface area contributed by atoms with Crippen LogP contribution in [0, 0.1) is 0 Å². The average Bonchev–Trinajstić information content (AvgIpc) is 2.89. The number of rotatable bonds is 3. The molecule has 0 unspecified atom stereocenters. The molecule has 1 aromatic rings. The summed E-state index contributed by atoms with van der Waals surface area (Å²) >= 11 is 5.74. The van der Waals surface area contributed by atoms with Crippen LogP contribution in [0.1, 0.15) is 32.9 Å². The largest absolute Gasteiger partial charge is 0.444 e. The second-order valence-electron chi connectivity index (χ2n) is 6.63. The Bertz CT molecular complexity index is 515. The molecule has 2 rings (SSSR count). The van der Waals surface area contributed by atoms with Crippen molar-refractivity contribution < 1.29 is 9.53 Å². The predicted molar refractivity (Wildman–Crippen MR) is 84.7 cm³/mol. The van der Waals surface area contributed by atoms with Crippen LogP contribution in [0.3, 0.4) is 0 Å². The third kappa shape index (κ3) is 4.81. The third-order valence-electron chi connectivity index (χ3n) is 3.54. The standard InChI is InChI=1S/C15H23ClN4O2/c1-15(2,3)22-14(21)20-8-7-12(10-20)19(4)9-11-5-6-13(16)18-17-11/h5-6,12H,7-10H2,1-4H3/t12-/m1/s1. The molecule has 1 aliphatic rings. The zero-order valence-electron chi connectivity index (χ0n) is 13.5. The maximum absolute atomic E-state index is 12.1. The molecule has 1 aliphatic heterocycles. The van der Waals surface area contributed by atoms with Gasteiger partial charge in [-0.2, -0.15) is 5.10 Å². The number of halogens is 1. The highest BCUT2D eigenvalue weighted by atomic mass is 35.5. The van der Waals surface area contributed by atoms with Gasteiger partial charge < -0.3 is 9.64 Å². The van der Waals surface area contributed by atoms with Gasteiger partial charge >= 0.3 is 6.09 Å². The van der Waals surface area contributed by atoms with Crippen LogP contribution in [-0.4, -0.2) is 57.9 Å². The molecular formula is C15H23ClN4O2. The first kappa shape index (κ1) is 17.0. The Morgan fingerprint density at radius 2 is 2.18 bits per heavy atom. The van der Waals surface area contributed by atoms with Gasteiger partial charge in [0.1, 0.15) is 5.60 Å². The van der Waals surface area contributed by atoms with Gasteiger partial charge in [0.25, 0.3) is 0 Å². The second-order valence-corrected chi connectivity index (χ2v) is 7.02. The molecule has 0 bridgehead atoms. The van der Waals surface area contributed by atoms with Gasteiger partial charge in [-0.25, -0.2) is 4.79 Å². The molecule has 6 nitrogen and oxygen atoms in total. The lowest BCUT2D eigenvalue weighted by atomic mass is 10.2. The third-order valence-corrected chi connectivity index (χ3v) is 3.74. The van der Waals surface area contributed by atoms with Crippen molar-refractivity contribution in [3.63, 3.8) is 0 Å². The molecule has 1 aromatic heterocycles. The zero-order chi connectivity index (χ0) is 16.3. The van der Waals surface area contributed by atoms with Crippen LogP contribution in [0.5, 0.6) is 0 Å². The number of carbonyl (C=O) groups excluding carboxylic acids is 1. The van der Waals surface area contributed by atoms with E-state index < -0.39 is 5.60 Å². The number of ether oxygens (including phenoxy) is 1. The van der Waals surface area contributed by atoms with Gasteiger partial charge in [0.2, 0.25) is 0 Å². The fraction of sp³-hybridized carbons (Fsp3) is 0.667. The number of hydrogen-bond donors (Lipinski definition) is 0. The molecule has 2 heterocycles. The number of carbonyl (C=O) groups is 1. The highest BCUT2D eigenvalue weighted by molar-refractivity contribution is 6.29. The van der Waals surface area contributed by atoms with Crippen LogP contribution in [-0.2, 0) is 11.3 Å². The number of nitrogens with zero attached hydrogens (tertiary/aromatic N) is 4. The smallest absolute Gasteiger partial charge is 0.410 e. The highest BCUT2D eigenvalue weighted by Gasteiger charge is 2.31. The predicted octanol–water partition coefficient (Wildman–Crippen LogP) is 2.57. The number of amides is 1. The second kappa shape index (κ2) is 6.79. The molecule has 0 radical (unpaired) electrons. The van der Waals surface area contributed by atoms with Crippen molar-refractivity contribution in [2.24, 2.45) is 0 Å². The lowest BCUT2D eigenvalue weighted by Gasteiger charge is -2.26. The summed E-state index contributed by atoms with van der Waals surface area (Å²) in [5.74, 6) is 0. The van der Waals surface area contributed by atoms with Crippen molar-refractivity contribution in [2.45, 2.75) is 45.4 Å². The first-order valence-corrected chi connectivity index (χ1v) is 7.78. The van der Waals surface area contributed by atoms with Gasteiger partial charge in [-0.05, 0) is 46.4 Å². The summed E-state index contributed by atoms with van der Waals surface area (Å²) in [6.07, 6.45) is 0.686. The monoisotopic (exact) mass is 326 g/mol. The Morgan fingerprint density at radius 1 is 1.45 bits per heavy atom. The molecule has 0 N–H and O–H groups in total. The molecule has 0 aliphatic carbocycles. The lowest BCUT2D eigenvalue weighted by molar-refractivity contribution is 0.0282. The first-order valence-electron chi connectivity index (χ1n) is 7.41. The highest BCUT2D eigenvalue weighted by Crippen LogP contribution is 2.19. The molecule has 1 amide bonds. The van der Waals surface area contributed by atoms with Gasteiger partial charge in [-0.3, -0.25) is 4.90 Å². The SMILES string of the molecule is CN(Cc1ccc(Cl)nn1)[C@@H]1CCN(C(=O)OC(C)(C)C)C1. The first-order chi connectivity index (χ1) is 10.2. The molecule has 0 aromatic carbocycles. The van der Waals surface area contributed by atoms with E-state index in [0.29, 0.717) is 24.3 Å². The summed E-state index contributed by atoms with van der Waals surface area (Å²) < 4.78 is 5.41. The Labute approximate surface area is 136 Å². The molecule has 0 spiro atoms. The van der Waals surface area contributed by atoms with Gasteiger partial charge in [0.15, 0.2) is 5.15 Å². The van der Waals surface area contributed by atoms with Crippen molar-refractivity contribution in [1.29, 1.82) is 0 Å². The van der Waals surface area contributed by atoms with E-state index in [1.54, 1.807) is 11.0 Å². The minimum atomic E-state index is -0.458. The molecule has 1 saturated heterocycles. The van der Waals surface area contributed by atoms with Gasteiger partial charge in [-0.1, -0.05) is 11.6 Å². The zero-order valence-corrected chi connectivity index (χ0v) is 14.3. The van der Waals surface area contributed by atoms with Crippen molar-refractivity contribution >= 4 is 17.7 Å². The summed E-state index contributed by atoms with van der Waals surface area (Å²) in [6, 6.07) is 3.90. The minimum absolute atomic E-state index is 0.241. The van der Waals surface area contributed by atoms with E-state index in [-0.39, 0.29) is 6.09 Å². The maximum atomic E-state index is 12.1. The van der Waals surface area contributed by atoms with Crippen LogP contribution in [0.2, 0.25) is 5.15 Å². The van der Waals surface area contributed by atoms with Gasteiger partial charge in [0, 0.05) is 25.7 Å². The van der Waals surface area contributed by atoms with Crippen molar-refractivity contribution in [3.05, 3.63) is 23.0 Å². The topological polar surface area (TPSA) is 58.6 Å². The Balaban J connectivity index is 1.87. The van der Waals surface area contributed by atoms with Crippen LogP contribution < -0.4 is 0 Å². The Kier molecular flexibility index (Phi) is 5.24. The molecule has 1 fully saturated rings. The summed E-state index contributed by atoms with van der Waals surface area (Å²) in [6.45, 7) is 7.71. The van der Waals surface area contributed by atoms with E-state index >= 15 is 0 Å². The molecule has 7 heteroatoms. The number of likely N-dealkylation sites (N-methyl/N-ethyl adjacent to an activating group) is 1. The van der Waals surface area contributed by atoms with Crippen molar-refractivity contribution in [2.75, 3.05) is 20.1 Å². The van der Waals surface area contributed by atoms with Crippen LogP contribution in [0.25, 0.3) is 0 Å². The molecule has 1 atom stereocenters. The number of aromatic nitrogens is 2. The molecule has 122 valence electrons. The van der Waals surface area contributed by atoms with E-state index in [2.05, 4.69) is 15.1 Å². The molecule has 0 saturated carbocycles. The summed E-state index contributed by atoms with van der Waals surface area (Å²) in [5.41, 5.74) is 0.405. The van der Waals surface area contributed by atoms with E-state index in [0.717, 1.165) is 18.7 Å². The normalized spacial score (nSPS) is 18.8. The van der Waals surface area contributed by atoms with E-state index in [9.17, 15) is 4.79 Å². The van der Waals surface area contributed by atoms with Crippen molar-refractivity contribution in [1.82, 2.24) is 20.0 Å². The van der Waals surface area contributed by atoms with E-state index in [1.165, 1.54) is 0 Å². The van der Waals surface area contributed by atoms with Gasteiger partial charge in [-0.15, -0.1) is 5.10 Å². The van der Waals surface area contributed by atoms with E-state index in [4.69, 9.17) is 16.3 Å². The lowest BCUT2D eigenvalue weighted by Crippen LogP contribution is -2.38.